The molecule has 0 bridgehead atoms. The highest BCUT2D eigenvalue weighted by molar-refractivity contribution is 5.29. The molecule has 76 valence electrons. The lowest BCUT2D eigenvalue weighted by molar-refractivity contribution is -0.0305. The van der Waals surface area contributed by atoms with E-state index >= 15 is 0 Å². The van der Waals surface area contributed by atoms with Gasteiger partial charge in [-0.15, -0.1) is 0 Å². The van der Waals surface area contributed by atoms with Crippen LogP contribution >= 0.6 is 0 Å². The Morgan fingerprint density at radius 1 is 1.50 bits per heavy atom. The number of hydrogen-bond donors (Lipinski definition) is 2. The summed E-state index contributed by atoms with van der Waals surface area (Å²) in [6.07, 6.45) is -0.0270. The summed E-state index contributed by atoms with van der Waals surface area (Å²) >= 11 is 0. The predicted octanol–water partition coefficient (Wildman–Crippen LogP) is 0.639. The van der Waals surface area contributed by atoms with E-state index in [0.717, 1.165) is 12.1 Å². The van der Waals surface area contributed by atoms with E-state index in [-0.39, 0.29) is 11.9 Å². The van der Waals surface area contributed by atoms with Gasteiger partial charge in [0.05, 0.1) is 12.7 Å². The first kappa shape index (κ1) is 9.45. The van der Waals surface area contributed by atoms with Crippen molar-refractivity contribution in [2.45, 2.75) is 6.10 Å². The molecule has 1 saturated heterocycles. The van der Waals surface area contributed by atoms with Crippen molar-refractivity contribution >= 4 is 0 Å². The maximum Gasteiger partial charge on any atom is 0.115 e. The molecule has 1 fully saturated rings. The lowest BCUT2D eigenvalue weighted by Crippen LogP contribution is -2.42. The second-order valence-electron chi connectivity index (χ2n) is 3.45. The zero-order valence-corrected chi connectivity index (χ0v) is 7.89. The Bertz CT molecular complexity index is 317. The summed E-state index contributed by atoms with van der Waals surface area (Å²) in [5.74, 6) is 5.96. The van der Waals surface area contributed by atoms with E-state index in [1.807, 2.05) is 12.1 Å². The van der Waals surface area contributed by atoms with Gasteiger partial charge in [-0.1, -0.05) is 12.1 Å². The summed E-state index contributed by atoms with van der Waals surface area (Å²) in [7, 11) is 0. The molecule has 0 radical (unpaired) electrons. The molecule has 0 spiro atoms. The van der Waals surface area contributed by atoms with Crippen LogP contribution in [0.25, 0.3) is 0 Å². The third-order valence-corrected chi connectivity index (χ3v) is 2.34. The van der Waals surface area contributed by atoms with Crippen molar-refractivity contribution in [1.29, 1.82) is 0 Å². The predicted molar refractivity (Wildman–Crippen MR) is 52.6 cm³/mol. The van der Waals surface area contributed by atoms with Gasteiger partial charge < -0.3 is 9.84 Å². The Morgan fingerprint density at radius 2 is 2.36 bits per heavy atom. The van der Waals surface area contributed by atoms with Crippen LogP contribution in [0.2, 0.25) is 0 Å². The number of benzene rings is 1. The van der Waals surface area contributed by atoms with Gasteiger partial charge in [-0.25, -0.2) is 5.01 Å². The summed E-state index contributed by atoms with van der Waals surface area (Å²) in [5.41, 5.74) is 0.972. The quantitative estimate of drug-likeness (QED) is 0.644. The van der Waals surface area contributed by atoms with E-state index in [1.165, 1.54) is 0 Å². The molecule has 1 aromatic rings. The number of ether oxygens (including phenoxy) is 1. The summed E-state index contributed by atoms with van der Waals surface area (Å²) in [6.45, 7) is 2.07. The molecule has 3 N–H and O–H groups in total. The van der Waals surface area contributed by atoms with Crippen LogP contribution in [0.5, 0.6) is 5.75 Å². The van der Waals surface area contributed by atoms with Crippen LogP contribution in [0.1, 0.15) is 11.7 Å². The van der Waals surface area contributed by atoms with Gasteiger partial charge in [0.1, 0.15) is 5.75 Å². The van der Waals surface area contributed by atoms with Crippen LogP contribution in [0.4, 0.5) is 0 Å². The van der Waals surface area contributed by atoms with E-state index in [1.54, 1.807) is 17.1 Å². The average molecular weight is 194 g/mol. The molecular formula is C10H14N2O2. The summed E-state index contributed by atoms with van der Waals surface area (Å²) in [6, 6.07) is 7.10. The van der Waals surface area contributed by atoms with Gasteiger partial charge in [0.25, 0.3) is 0 Å². The standard InChI is InChI=1S/C10H14N2O2/c11-12-4-5-14-10(7-12)8-2-1-3-9(13)6-8/h1-3,6,10,13H,4-5,7,11H2. The van der Waals surface area contributed by atoms with Gasteiger partial charge >= 0.3 is 0 Å². The molecule has 1 aliphatic heterocycles. The smallest absolute Gasteiger partial charge is 0.115 e. The number of nitrogens with two attached hydrogens (primary N) is 1. The van der Waals surface area contributed by atoms with Crippen LogP contribution in [-0.4, -0.2) is 29.8 Å². The second-order valence-corrected chi connectivity index (χ2v) is 3.45. The molecule has 0 saturated carbocycles. The average Bonchev–Trinajstić information content (AvgIpc) is 2.18. The zero-order valence-electron chi connectivity index (χ0n) is 7.89. The Kier molecular flexibility index (Phi) is 2.67. The number of phenols is 1. The lowest BCUT2D eigenvalue weighted by atomic mass is 10.1. The van der Waals surface area contributed by atoms with Gasteiger partial charge in [-0.2, -0.15) is 0 Å². The first-order valence-electron chi connectivity index (χ1n) is 4.66. The van der Waals surface area contributed by atoms with Crippen molar-refractivity contribution in [2.75, 3.05) is 19.7 Å². The first-order chi connectivity index (χ1) is 6.75. The normalized spacial score (nSPS) is 23.6. The van der Waals surface area contributed by atoms with E-state index in [0.29, 0.717) is 13.2 Å². The summed E-state index contributed by atoms with van der Waals surface area (Å²) in [5, 5.41) is 11.0. The van der Waals surface area contributed by atoms with Crippen molar-refractivity contribution in [2.24, 2.45) is 5.84 Å². The molecule has 4 heteroatoms. The maximum absolute atomic E-state index is 9.31. The highest BCUT2D eigenvalue weighted by Gasteiger charge is 2.19. The number of rotatable bonds is 1. The highest BCUT2D eigenvalue weighted by atomic mass is 16.5. The minimum absolute atomic E-state index is 0.0270. The molecule has 1 aliphatic rings. The Hall–Kier alpha value is -1.10. The van der Waals surface area contributed by atoms with Crippen molar-refractivity contribution < 1.29 is 9.84 Å². The van der Waals surface area contributed by atoms with Crippen molar-refractivity contribution in [3.8, 4) is 5.75 Å². The summed E-state index contributed by atoms with van der Waals surface area (Å²) < 4.78 is 5.56. The number of hydrazine groups is 1. The molecule has 1 atom stereocenters. The van der Waals surface area contributed by atoms with Crippen molar-refractivity contribution in [1.82, 2.24) is 5.01 Å². The molecule has 1 unspecified atom stereocenters. The van der Waals surface area contributed by atoms with Gasteiger partial charge in [0.2, 0.25) is 0 Å². The third kappa shape index (κ3) is 2.04. The highest BCUT2D eigenvalue weighted by Crippen LogP contribution is 2.23. The molecule has 4 nitrogen and oxygen atoms in total. The fourth-order valence-corrected chi connectivity index (χ4v) is 1.60. The monoisotopic (exact) mass is 194 g/mol. The molecule has 1 aromatic carbocycles. The van der Waals surface area contributed by atoms with Crippen LogP contribution < -0.4 is 5.84 Å². The minimum atomic E-state index is -0.0270. The van der Waals surface area contributed by atoms with E-state index < -0.39 is 0 Å². The Labute approximate surface area is 82.9 Å². The Balaban J connectivity index is 2.14. The fraction of sp³-hybridized carbons (Fsp3) is 0.400. The van der Waals surface area contributed by atoms with E-state index in [2.05, 4.69) is 0 Å². The SMILES string of the molecule is NN1CCOC(c2cccc(O)c2)C1. The molecule has 2 rings (SSSR count). The fourth-order valence-electron chi connectivity index (χ4n) is 1.60. The number of hydrogen-bond acceptors (Lipinski definition) is 4. The zero-order chi connectivity index (χ0) is 9.97. The first-order valence-corrected chi connectivity index (χ1v) is 4.66. The largest absolute Gasteiger partial charge is 0.508 e. The molecule has 0 aromatic heterocycles. The maximum atomic E-state index is 9.31. The van der Waals surface area contributed by atoms with Crippen molar-refractivity contribution in [3.63, 3.8) is 0 Å². The topological polar surface area (TPSA) is 58.7 Å². The van der Waals surface area contributed by atoms with Gasteiger partial charge in [0.15, 0.2) is 0 Å². The van der Waals surface area contributed by atoms with Crippen LogP contribution in [0.15, 0.2) is 24.3 Å². The second kappa shape index (κ2) is 3.96. The van der Waals surface area contributed by atoms with Crippen LogP contribution in [0.3, 0.4) is 0 Å². The number of phenolic OH excluding ortho intramolecular Hbond substituents is 1. The lowest BCUT2D eigenvalue weighted by Gasteiger charge is -2.29. The van der Waals surface area contributed by atoms with E-state index in [9.17, 15) is 5.11 Å². The molecule has 1 heterocycles. The van der Waals surface area contributed by atoms with Gasteiger partial charge in [0, 0.05) is 13.1 Å². The van der Waals surface area contributed by atoms with E-state index in [4.69, 9.17) is 10.6 Å². The third-order valence-electron chi connectivity index (χ3n) is 2.34. The Morgan fingerprint density at radius 3 is 3.07 bits per heavy atom. The number of aromatic hydroxyl groups is 1. The number of nitrogens with zero attached hydrogens (tertiary/aromatic N) is 1. The number of morpholine rings is 1. The molecule has 0 amide bonds. The molecule has 14 heavy (non-hydrogen) atoms. The van der Waals surface area contributed by atoms with Crippen molar-refractivity contribution in [3.05, 3.63) is 29.8 Å². The van der Waals surface area contributed by atoms with Crippen LogP contribution in [0, 0.1) is 0 Å². The summed E-state index contributed by atoms with van der Waals surface area (Å²) in [4.78, 5) is 0. The molecule has 0 aliphatic carbocycles. The minimum Gasteiger partial charge on any atom is -0.508 e. The van der Waals surface area contributed by atoms with Crippen LogP contribution in [-0.2, 0) is 4.74 Å². The molecular weight excluding hydrogens is 180 g/mol. The van der Waals surface area contributed by atoms with Gasteiger partial charge in [-0.3, -0.25) is 5.84 Å². The van der Waals surface area contributed by atoms with Gasteiger partial charge in [-0.05, 0) is 17.7 Å².